The first-order valence-corrected chi connectivity index (χ1v) is 4.28. The van der Waals surface area contributed by atoms with Crippen LogP contribution >= 0.6 is 0 Å². The summed E-state index contributed by atoms with van der Waals surface area (Å²) in [5.41, 5.74) is 2.18. The van der Waals surface area contributed by atoms with Gasteiger partial charge in [0.2, 0.25) is 0 Å². The number of aliphatic hydroxyl groups is 1. The Hall–Kier alpha value is -0.560. The summed E-state index contributed by atoms with van der Waals surface area (Å²) in [4.78, 5) is 0. The van der Waals surface area contributed by atoms with Crippen molar-refractivity contribution in [1.29, 1.82) is 0 Å². The Kier molecular flexibility index (Phi) is 2.89. The molecule has 0 bridgehead atoms. The predicted molar refractivity (Wildman–Crippen MR) is 47.4 cm³/mol. The Morgan fingerprint density at radius 2 is 2.27 bits per heavy atom. The van der Waals surface area contributed by atoms with E-state index in [9.17, 15) is 5.11 Å². The van der Waals surface area contributed by atoms with E-state index in [1.165, 1.54) is 12.8 Å². The van der Waals surface area contributed by atoms with E-state index >= 15 is 0 Å². The fourth-order valence-corrected chi connectivity index (χ4v) is 1.49. The van der Waals surface area contributed by atoms with Crippen molar-refractivity contribution >= 4 is 0 Å². The van der Waals surface area contributed by atoms with Crippen LogP contribution in [0.4, 0.5) is 0 Å². The smallest absolute Gasteiger partial charge is 0.0761 e. The molecule has 62 valence electrons. The molecule has 0 aromatic carbocycles. The van der Waals surface area contributed by atoms with Crippen molar-refractivity contribution in [2.45, 2.75) is 38.7 Å². The molecule has 1 atom stereocenters. The van der Waals surface area contributed by atoms with Crippen molar-refractivity contribution in [3.63, 3.8) is 0 Å². The maximum absolute atomic E-state index is 9.34. The lowest BCUT2D eigenvalue weighted by molar-refractivity contribution is 0.233. The Morgan fingerprint density at radius 1 is 1.55 bits per heavy atom. The number of aliphatic hydroxyl groups excluding tert-OH is 1. The minimum atomic E-state index is -0.333. The largest absolute Gasteiger partial charge is 0.389 e. The summed E-state index contributed by atoms with van der Waals surface area (Å²) in [7, 11) is 0. The highest BCUT2D eigenvalue weighted by Gasteiger charge is 2.10. The lowest BCUT2D eigenvalue weighted by Crippen LogP contribution is -2.05. The Bertz CT molecular complexity index is 177. The minimum Gasteiger partial charge on any atom is -0.389 e. The molecule has 1 unspecified atom stereocenters. The second-order valence-electron chi connectivity index (χ2n) is 3.18. The first-order chi connectivity index (χ1) is 5.22. The van der Waals surface area contributed by atoms with Crippen LogP contribution in [-0.4, -0.2) is 11.2 Å². The van der Waals surface area contributed by atoms with E-state index in [-0.39, 0.29) is 6.10 Å². The van der Waals surface area contributed by atoms with Crippen LogP contribution in [0, 0.1) is 0 Å². The van der Waals surface area contributed by atoms with Gasteiger partial charge in [-0.2, -0.15) is 0 Å². The molecule has 1 N–H and O–H groups in total. The van der Waals surface area contributed by atoms with Gasteiger partial charge < -0.3 is 5.11 Å². The zero-order valence-electron chi connectivity index (χ0n) is 7.14. The van der Waals surface area contributed by atoms with Gasteiger partial charge in [-0.3, -0.25) is 0 Å². The van der Waals surface area contributed by atoms with Gasteiger partial charge >= 0.3 is 0 Å². The van der Waals surface area contributed by atoms with E-state index in [0.29, 0.717) is 0 Å². The van der Waals surface area contributed by atoms with E-state index in [0.717, 1.165) is 24.0 Å². The van der Waals surface area contributed by atoms with Gasteiger partial charge in [0.1, 0.15) is 0 Å². The quantitative estimate of drug-likeness (QED) is 0.611. The molecular weight excluding hydrogens is 136 g/mol. The SMILES string of the molecule is C=C1CCCCC=C1C(C)O. The molecule has 0 aromatic rings. The summed E-state index contributed by atoms with van der Waals surface area (Å²) in [6, 6.07) is 0. The number of hydrogen-bond donors (Lipinski definition) is 1. The zero-order valence-corrected chi connectivity index (χ0v) is 7.14. The molecule has 0 aromatic heterocycles. The molecule has 0 saturated carbocycles. The third-order valence-electron chi connectivity index (χ3n) is 2.16. The molecule has 1 heteroatoms. The number of rotatable bonds is 1. The molecule has 0 saturated heterocycles. The summed E-state index contributed by atoms with van der Waals surface area (Å²) in [6.07, 6.45) is 6.39. The molecule has 1 rings (SSSR count). The summed E-state index contributed by atoms with van der Waals surface area (Å²) in [6.45, 7) is 5.76. The summed E-state index contributed by atoms with van der Waals surface area (Å²) in [5.74, 6) is 0. The van der Waals surface area contributed by atoms with Crippen LogP contribution < -0.4 is 0 Å². The lowest BCUT2D eigenvalue weighted by Gasteiger charge is -2.10. The van der Waals surface area contributed by atoms with Crippen molar-refractivity contribution in [3.05, 3.63) is 23.8 Å². The fraction of sp³-hybridized carbons (Fsp3) is 0.600. The van der Waals surface area contributed by atoms with Gasteiger partial charge in [-0.15, -0.1) is 0 Å². The predicted octanol–water partition coefficient (Wildman–Crippen LogP) is 2.42. The highest BCUT2D eigenvalue weighted by Crippen LogP contribution is 2.23. The third kappa shape index (κ3) is 2.19. The van der Waals surface area contributed by atoms with E-state index in [2.05, 4.69) is 12.7 Å². The highest BCUT2D eigenvalue weighted by molar-refractivity contribution is 5.31. The van der Waals surface area contributed by atoms with E-state index in [4.69, 9.17) is 0 Å². The van der Waals surface area contributed by atoms with Gasteiger partial charge in [0.25, 0.3) is 0 Å². The molecule has 0 heterocycles. The summed E-state index contributed by atoms with van der Waals surface area (Å²) in [5, 5.41) is 9.34. The lowest BCUT2D eigenvalue weighted by atomic mass is 10.0. The molecule has 0 fully saturated rings. The molecule has 11 heavy (non-hydrogen) atoms. The van der Waals surface area contributed by atoms with Crippen LogP contribution in [0.5, 0.6) is 0 Å². The maximum Gasteiger partial charge on any atom is 0.0761 e. The third-order valence-corrected chi connectivity index (χ3v) is 2.16. The molecule has 1 aliphatic rings. The monoisotopic (exact) mass is 152 g/mol. The number of allylic oxidation sites excluding steroid dienone is 1. The number of hydrogen-bond acceptors (Lipinski definition) is 1. The van der Waals surface area contributed by atoms with E-state index < -0.39 is 0 Å². The molecule has 0 aliphatic heterocycles. The van der Waals surface area contributed by atoms with Crippen LogP contribution in [0.15, 0.2) is 23.8 Å². The van der Waals surface area contributed by atoms with E-state index in [1.807, 2.05) is 6.92 Å². The van der Waals surface area contributed by atoms with Crippen molar-refractivity contribution in [2.24, 2.45) is 0 Å². The molecule has 1 aliphatic carbocycles. The van der Waals surface area contributed by atoms with Gasteiger partial charge in [-0.25, -0.2) is 0 Å². The summed E-state index contributed by atoms with van der Waals surface area (Å²) >= 11 is 0. The van der Waals surface area contributed by atoms with Crippen molar-refractivity contribution < 1.29 is 5.11 Å². The second-order valence-corrected chi connectivity index (χ2v) is 3.18. The highest BCUT2D eigenvalue weighted by atomic mass is 16.3. The van der Waals surface area contributed by atoms with Crippen LogP contribution in [0.2, 0.25) is 0 Å². The van der Waals surface area contributed by atoms with Crippen molar-refractivity contribution in [2.75, 3.05) is 0 Å². The molecule has 0 spiro atoms. The fourth-order valence-electron chi connectivity index (χ4n) is 1.49. The van der Waals surface area contributed by atoms with Crippen LogP contribution in [0.3, 0.4) is 0 Å². The Morgan fingerprint density at radius 3 is 2.91 bits per heavy atom. The standard InChI is InChI=1S/C10H16O/c1-8-6-4-3-5-7-10(8)9(2)11/h7,9,11H,1,3-6H2,2H3. The topological polar surface area (TPSA) is 20.2 Å². The molecule has 1 nitrogen and oxygen atoms in total. The zero-order chi connectivity index (χ0) is 8.27. The molecule has 0 amide bonds. The van der Waals surface area contributed by atoms with Gasteiger partial charge in [0.15, 0.2) is 0 Å². The first-order valence-electron chi connectivity index (χ1n) is 4.28. The van der Waals surface area contributed by atoms with Gasteiger partial charge in [0, 0.05) is 0 Å². The van der Waals surface area contributed by atoms with Crippen molar-refractivity contribution in [1.82, 2.24) is 0 Å². The second kappa shape index (κ2) is 3.72. The summed E-state index contributed by atoms with van der Waals surface area (Å²) < 4.78 is 0. The van der Waals surface area contributed by atoms with E-state index in [1.54, 1.807) is 0 Å². The minimum absolute atomic E-state index is 0.333. The van der Waals surface area contributed by atoms with Crippen LogP contribution in [0.1, 0.15) is 32.6 Å². The van der Waals surface area contributed by atoms with Gasteiger partial charge in [0.05, 0.1) is 6.10 Å². The Balaban J connectivity index is 2.71. The average molecular weight is 152 g/mol. The Labute approximate surface area is 68.4 Å². The first kappa shape index (κ1) is 8.54. The maximum atomic E-state index is 9.34. The van der Waals surface area contributed by atoms with Gasteiger partial charge in [-0.05, 0) is 43.8 Å². The molecular formula is C10H16O. The normalized spacial score (nSPS) is 22.4. The average Bonchev–Trinajstić information content (AvgIpc) is 2.13. The molecule has 0 radical (unpaired) electrons. The van der Waals surface area contributed by atoms with Crippen LogP contribution in [0.25, 0.3) is 0 Å². The van der Waals surface area contributed by atoms with Gasteiger partial charge in [-0.1, -0.05) is 12.7 Å². The van der Waals surface area contributed by atoms with Crippen LogP contribution in [-0.2, 0) is 0 Å². The van der Waals surface area contributed by atoms with Crippen molar-refractivity contribution in [3.8, 4) is 0 Å².